The number of aryl methyl sites for hydroxylation is 2. The molecule has 1 aromatic carbocycles. The first kappa shape index (κ1) is 11.9. The van der Waals surface area contributed by atoms with Crippen LogP contribution in [0.25, 0.3) is 0 Å². The van der Waals surface area contributed by atoms with Crippen LogP contribution in [0.4, 0.5) is 0 Å². The Bertz CT molecular complexity index is 294. The Hall–Kier alpha value is -0.200. The van der Waals surface area contributed by atoms with Gasteiger partial charge in [-0.1, -0.05) is 30.7 Å². The maximum absolute atomic E-state index is 5.95. The highest BCUT2D eigenvalue weighted by Gasteiger charge is 2.02. The van der Waals surface area contributed by atoms with E-state index >= 15 is 0 Å². The van der Waals surface area contributed by atoms with Crippen molar-refractivity contribution in [2.75, 3.05) is 5.88 Å². The third-order valence-electron chi connectivity index (χ3n) is 2.41. The number of hydrogen-bond acceptors (Lipinski definition) is 0. The maximum Gasteiger partial charge on any atom is 0.0435 e. The average molecular weight is 231 g/mol. The lowest BCUT2D eigenvalue weighted by Gasteiger charge is -2.08. The minimum atomic E-state index is 0.590. The molecule has 0 amide bonds. The summed E-state index contributed by atoms with van der Waals surface area (Å²) in [6.45, 7) is 4.21. The molecule has 0 nitrogen and oxygen atoms in total. The average Bonchev–Trinajstić information content (AvgIpc) is 2.19. The highest BCUT2D eigenvalue weighted by Crippen LogP contribution is 2.18. The zero-order chi connectivity index (χ0) is 10.6. The van der Waals surface area contributed by atoms with Crippen LogP contribution in [0.2, 0.25) is 5.02 Å². The predicted octanol–water partition coefficient (Wildman–Crippen LogP) is 4.46. The molecule has 0 aliphatic rings. The monoisotopic (exact) mass is 230 g/mol. The fourth-order valence-corrected chi connectivity index (χ4v) is 1.62. The van der Waals surface area contributed by atoms with Gasteiger partial charge in [0.25, 0.3) is 0 Å². The molecule has 78 valence electrons. The predicted molar refractivity (Wildman–Crippen MR) is 64.4 cm³/mol. The topological polar surface area (TPSA) is 0 Å². The highest BCUT2D eigenvalue weighted by atomic mass is 35.5. The molecule has 0 bridgehead atoms. The first-order valence-electron chi connectivity index (χ1n) is 4.94. The normalized spacial score (nSPS) is 12.9. The van der Waals surface area contributed by atoms with E-state index in [2.05, 4.69) is 19.1 Å². The van der Waals surface area contributed by atoms with Crippen LogP contribution in [0.15, 0.2) is 18.2 Å². The first-order valence-corrected chi connectivity index (χ1v) is 5.85. The van der Waals surface area contributed by atoms with Crippen molar-refractivity contribution in [3.8, 4) is 0 Å². The van der Waals surface area contributed by atoms with Gasteiger partial charge in [-0.25, -0.2) is 0 Å². The Morgan fingerprint density at radius 3 is 2.64 bits per heavy atom. The molecule has 1 rings (SSSR count). The van der Waals surface area contributed by atoms with Gasteiger partial charge in [0.05, 0.1) is 0 Å². The molecule has 0 aliphatic carbocycles. The Kier molecular flexibility index (Phi) is 4.77. The lowest BCUT2D eigenvalue weighted by Crippen LogP contribution is -1.98. The Morgan fingerprint density at radius 1 is 1.36 bits per heavy atom. The summed E-state index contributed by atoms with van der Waals surface area (Å²) in [7, 11) is 0. The number of alkyl halides is 1. The molecule has 1 aromatic rings. The van der Waals surface area contributed by atoms with Crippen LogP contribution < -0.4 is 0 Å². The Labute approximate surface area is 96.2 Å². The Balaban J connectivity index is 2.55. The quantitative estimate of drug-likeness (QED) is 0.671. The van der Waals surface area contributed by atoms with Gasteiger partial charge in [0, 0.05) is 10.9 Å². The van der Waals surface area contributed by atoms with Crippen molar-refractivity contribution in [1.82, 2.24) is 0 Å². The van der Waals surface area contributed by atoms with E-state index in [1.807, 2.05) is 13.0 Å². The molecular formula is C12H16Cl2. The van der Waals surface area contributed by atoms with Crippen LogP contribution in [-0.4, -0.2) is 5.88 Å². The molecule has 0 fully saturated rings. The van der Waals surface area contributed by atoms with E-state index in [1.165, 1.54) is 5.56 Å². The van der Waals surface area contributed by atoms with E-state index in [1.54, 1.807) is 0 Å². The molecule has 0 heterocycles. The number of rotatable bonds is 4. The molecule has 2 heteroatoms. The minimum absolute atomic E-state index is 0.590. The Morgan fingerprint density at radius 2 is 2.07 bits per heavy atom. The SMILES string of the molecule is Cc1cc(CCC(C)CCl)ccc1Cl. The molecule has 0 saturated carbocycles. The fourth-order valence-electron chi connectivity index (χ4n) is 1.35. The second kappa shape index (κ2) is 5.63. The maximum atomic E-state index is 5.95. The molecule has 14 heavy (non-hydrogen) atoms. The van der Waals surface area contributed by atoms with Gasteiger partial charge in [-0.05, 0) is 42.9 Å². The van der Waals surface area contributed by atoms with Gasteiger partial charge in [0.1, 0.15) is 0 Å². The van der Waals surface area contributed by atoms with Crippen molar-refractivity contribution in [2.45, 2.75) is 26.7 Å². The zero-order valence-electron chi connectivity index (χ0n) is 8.69. The van der Waals surface area contributed by atoms with Crippen molar-refractivity contribution >= 4 is 23.2 Å². The van der Waals surface area contributed by atoms with Crippen molar-refractivity contribution < 1.29 is 0 Å². The summed E-state index contributed by atoms with van der Waals surface area (Å²) in [6.07, 6.45) is 2.23. The summed E-state index contributed by atoms with van der Waals surface area (Å²) < 4.78 is 0. The van der Waals surface area contributed by atoms with Crippen LogP contribution in [-0.2, 0) is 6.42 Å². The molecule has 1 unspecified atom stereocenters. The highest BCUT2D eigenvalue weighted by molar-refractivity contribution is 6.31. The molecular weight excluding hydrogens is 215 g/mol. The number of halogens is 2. The standard InChI is InChI=1S/C12H16Cl2/c1-9(8-13)3-4-11-5-6-12(14)10(2)7-11/h5-7,9H,3-4,8H2,1-2H3. The molecule has 1 atom stereocenters. The summed E-state index contributed by atoms with van der Waals surface area (Å²) >= 11 is 11.7. The van der Waals surface area contributed by atoms with Crippen molar-refractivity contribution in [1.29, 1.82) is 0 Å². The van der Waals surface area contributed by atoms with E-state index in [9.17, 15) is 0 Å². The summed E-state index contributed by atoms with van der Waals surface area (Å²) in [4.78, 5) is 0. The molecule has 0 saturated heterocycles. The second-order valence-electron chi connectivity index (χ2n) is 3.88. The van der Waals surface area contributed by atoms with E-state index < -0.39 is 0 Å². The zero-order valence-corrected chi connectivity index (χ0v) is 10.2. The third kappa shape index (κ3) is 3.51. The smallest absolute Gasteiger partial charge is 0.0435 e. The van der Waals surface area contributed by atoms with Gasteiger partial charge < -0.3 is 0 Å². The molecule has 0 aliphatic heterocycles. The van der Waals surface area contributed by atoms with Crippen LogP contribution in [0.3, 0.4) is 0 Å². The number of benzene rings is 1. The number of hydrogen-bond donors (Lipinski definition) is 0. The summed E-state index contributed by atoms with van der Waals surface area (Å²) in [5.41, 5.74) is 2.51. The van der Waals surface area contributed by atoms with E-state index in [-0.39, 0.29) is 0 Å². The van der Waals surface area contributed by atoms with Gasteiger partial charge in [0.2, 0.25) is 0 Å². The van der Waals surface area contributed by atoms with E-state index in [0.717, 1.165) is 29.3 Å². The molecule has 0 spiro atoms. The summed E-state index contributed by atoms with van der Waals surface area (Å²) in [6, 6.07) is 6.22. The van der Waals surface area contributed by atoms with Crippen molar-refractivity contribution in [2.24, 2.45) is 5.92 Å². The van der Waals surface area contributed by atoms with Gasteiger partial charge in [-0.3, -0.25) is 0 Å². The molecule has 0 radical (unpaired) electrons. The van der Waals surface area contributed by atoms with Gasteiger partial charge in [0.15, 0.2) is 0 Å². The van der Waals surface area contributed by atoms with E-state index in [0.29, 0.717) is 5.92 Å². The first-order chi connectivity index (χ1) is 6.63. The van der Waals surface area contributed by atoms with Gasteiger partial charge >= 0.3 is 0 Å². The summed E-state index contributed by atoms with van der Waals surface area (Å²) in [5.74, 6) is 1.33. The van der Waals surface area contributed by atoms with Crippen LogP contribution in [0.5, 0.6) is 0 Å². The van der Waals surface area contributed by atoms with Gasteiger partial charge in [-0.15, -0.1) is 11.6 Å². The van der Waals surface area contributed by atoms with Crippen LogP contribution in [0.1, 0.15) is 24.5 Å². The minimum Gasteiger partial charge on any atom is -0.126 e. The van der Waals surface area contributed by atoms with E-state index in [4.69, 9.17) is 23.2 Å². The van der Waals surface area contributed by atoms with Crippen LogP contribution in [0, 0.1) is 12.8 Å². The van der Waals surface area contributed by atoms with Gasteiger partial charge in [-0.2, -0.15) is 0 Å². The molecule has 0 aromatic heterocycles. The fraction of sp³-hybridized carbons (Fsp3) is 0.500. The van der Waals surface area contributed by atoms with Crippen molar-refractivity contribution in [3.63, 3.8) is 0 Å². The van der Waals surface area contributed by atoms with Crippen molar-refractivity contribution in [3.05, 3.63) is 34.3 Å². The summed E-state index contributed by atoms with van der Waals surface area (Å²) in [5, 5.41) is 0.846. The molecule has 0 N–H and O–H groups in total. The third-order valence-corrected chi connectivity index (χ3v) is 3.36. The lowest BCUT2D eigenvalue weighted by atomic mass is 10.0. The second-order valence-corrected chi connectivity index (χ2v) is 4.60. The lowest BCUT2D eigenvalue weighted by molar-refractivity contribution is 0.593. The largest absolute Gasteiger partial charge is 0.126 e. The van der Waals surface area contributed by atoms with Crippen LogP contribution >= 0.6 is 23.2 Å².